The van der Waals surface area contributed by atoms with Crippen molar-refractivity contribution in [1.82, 2.24) is 10.2 Å². The Kier molecular flexibility index (Phi) is 10.9. The van der Waals surface area contributed by atoms with Crippen molar-refractivity contribution in [3.8, 4) is 0 Å². The Hall–Kier alpha value is -1.18. The highest BCUT2D eigenvalue weighted by molar-refractivity contribution is 8.00. The van der Waals surface area contributed by atoms with Crippen molar-refractivity contribution in [1.29, 1.82) is 5.41 Å². The first-order valence-electron chi connectivity index (χ1n) is 9.16. The monoisotopic (exact) mass is 495 g/mol. The minimum Gasteiger partial charge on any atom is -0.352 e. The summed E-state index contributed by atoms with van der Waals surface area (Å²) in [5.41, 5.74) is -0.922. The summed E-state index contributed by atoms with van der Waals surface area (Å²) in [6.45, 7) is 1.93. The summed E-state index contributed by atoms with van der Waals surface area (Å²) in [7, 11) is -3.08. The number of hydrogen-bond donors (Lipinski definition) is 3. The number of halogens is 4. The third-order valence-electron chi connectivity index (χ3n) is 3.91. The van der Waals surface area contributed by atoms with Crippen LogP contribution >= 0.6 is 19.6 Å². The van der Waals surface area contributed by atoms with Gasteiger partial charge < -0.3 is 25.3 Å². The molecule has 1 amide bonds. The molecule has 9 nitrogen and oxygen atoms in total. The van der Waals surface area contributed by atoms with E-state index in [2.05, 4.69) is 0 Å². The molecule has 0 aromatic heterocycles. The van der Waals surface area contributed by atoms with Crippen LogP contribution in [0.5, 0.6) is 0 Å². The predicted molar refractivity (Wildman–Crippen MR) is 106 cm³/mol. The first-order chi connectivity index (χ1) is 14.2. The van der Waals surface area contributed by atoms with Crippen molar-refractivity contribution in [2.75, 3.05) is 26.0 Å². The predicted octanol–water partition coefficient (Wildman–Crippen LogP) is 3.17. The molecule has 4 unspecified atom stereocenters. The minimum absolute atomic E-state index is 0.0940. The second-order valence-electron chi connectivity index (χ2n) is 6.64. The fourth-order valence-electron chi connectivity index (χ4n) is 2.29. The zero-order chi connectivity index (χ0) is 23.8. The molecule has 1 aliphatic heterocycles. The Morgan fingerprint density at radius 1 is 1.48 bits per heavy atom. The minimum atomic E-state index is -5.08. The number of carbonyl (C=O) groups is 1. The fraction of sp³-hybridized carbons (Fsp3) is 0.750. The summed E-state index contributed by atoms with van der Waals surface area (Å²) >= 11 is 1.23. The van der Waals surface area contributed by atoms with Crippen molar-refractivity contribution in [2.24, 2.45) is 0 Å². The molecule has 1 saturated heterocycles. The van der Waals surface area contributed by atoms with E-state index in [-0.39, 0.29) is 18.7 Å². The van der Waals surface area contributed by atoms with Gasteiger partial charge >= 0.3 is 19.9 Å². The van der Waals surface area contributed by atoms with Crippen molar-refractivity contribution < 1.29 is 45.6 Å². The number of nitrogens with one attached hydrogen (secondary N) is 2. The van der Waals surface area contributed by atoms with E-state index in [0.29, 0.717) is 12.2 Å². The Balaban J connectivity index is 2.50. The van der Waals surface area contributed by atoms with Gasteiger partial charge in [0, 0.05) is 19.0 Å². The second kappa shape index (κ2) is 12.2. The molecule has 0 spiro atoms. The van der Waals surface area contributed by atoms with Crippen LogP contribution in [0.1, 0.15) is 26.7 Å². The van der Waals surface area contributed by atoms with Crippen molar-refractivity contribution in [3.63, 3.8) is 0 Å². The molecule has 4 atom stereocenters. The summed E-state index contributed by atoms with van der Waals surface area (Å²) in [5.74, 6) is -2.51. The number of alkyl halides is 3. The molecule has 0 aliphatic carbocycles. The zero-order valence-corrected chi connectivity index (χ0v) is 18.9. The van der Waals surface area contributed by atoms with Gasteiger partial charge in [-0.05, 0) is 13.3 Å². The molecule has 1 heterocycles. The van der Waals surface area contributed by atoms with E-state index in [1.54, 1.807) is 19.3 Å². The van der Waals surface area contributed by atoms with Crippen molar-refractivity contribution in [3.05, 3.63) is 12.0 Å². The van der Waals surface area contributed by atoms with E-state index in [1.807, 2.05) is 0 Å². The maximum Gasteiger partial charge on any atom is 0.472 e. The summed E-state index contributed by atoms with van der Waals surface area (Å²) in [6.07, 6.45) is -4.05. The van der Waals surface area contributed by atoms with Crippen LogP contribution in [0.25, 0.3) is 0 Å². The van der Waals surface area contributed by atoms with Gasteiger partial charge in [-0.25, -0.2) is 8.96 Å². The highest BCUT2D eigenvalue weighted by atomic mass is 32.2. The topological polar surface area (TPSA) is 121 Å². The van der Waals surface area contributed by atoms with Gasteiger partial charge in [0.1, 0.15) is 11.7 Å². The molecule has 0 radical (unpaired) electrons. The normalized spacial score (nSPS) is 22.6. The quantitative estimate of drug-likeness (QED) is 0.215. The Labute approximate surface area is 181 Å². The number of nitrogens with zero attached hydrogens (tertiary/aromatic N) is 1. The van der Waals surface area contributed by atoms with Gasteiger partial charge in [0.2, 0.25) is 0 Å². The van der Waals surface area contributed by atoms with Crippen LogP contribution < -0.4 is 5.32 Å². The SMILES string of the molecule is CCCC(COP(=O)(O)OCC1OC(N(C)C=C(F)C(C)=N)CS1)NC(=O)C(F)(F)F. The highest BCUT2D eigenvalue weighted by Gasteiger charge is 2.40. The number of hydrogen-bond acceptors (Lipinski definition) is 8. The van der Waals surface area contributed by atoms with E-state index in [4.69, 9.17) is 19.2 Å². The lowest BCUT2D eigenvalue weighted by molar-refractivity contribution is -0.174. The number of ether oxygens (including phenoxy) is 1. The molecule has 1 fully saturated rings. The average Bonchev–Trinajstić information content (AvgIpc) is 3.13. The van der Waals surface area contributed by atoms with Crippen molar-refractivity contribution in [2.45, 2.75) is 50.6 Å². The zero-order valence-electron chi connectivity index (χ0n) is 17.1. The number of allylic oxidation sites excluding steroid dienone is 1. The van der Waals surface area contributed by atoms with Gasteiger partial charge in [0.05, 0.1) is 25.0 Å². The highest BCUT2D eigenvalue weighted by Crippen LogP contribution is 2.44. The molecule has 0 aromatic carbocycles. The molecule has 0 bridgehead atoms. The number of carbonyl (C=O) groups excluding carboxylic acids is 1. The van der Waals surface area contributed by atoms with E-state index < -0.39 is 50.0 Å². The largest absolute Gasteiger partial charge is 0.472 e. The Bertz CT molecular complexity index is 711. The molecule has 0 saturated carbocycles. The summed E-state index contributed by atoms with van der Waals surface area (Å²) in [6, 6.07) is -1.13. The number of phosphoric ester groups is 1. The van der Waals surface area contributed by atoms with Crippen LogP contribution in [-0.2, 0) is 23.1 Å². The molecule has 0 aromatic rings. The van der Waals surface area contributed by atoms with Gasteiger partial charge in [-0.15, -0.1) is 11.8 Å². The summed E-state index contributed by atoms with van der Waals surface area (Å²) in [5, 5.41) is 8.92. The third-order valence-corrected chi connectivity index (χ3v) is 5.95. The standard InChI is InChI=1S/C16H26F4N3O6PS/c1-4-5-11(22-15(24)16(18,19)20)7-27-30(25,26)28-8-14-29-13(9-31-14)23(3)6-12(17)10(2)21/h6,11,13-14,21H,4-5,7-9H2,1-3H3,(H,22,24)(H,25,26). The van der Waals surface area contributed by atoms with Gasteiger partial charge in [-0.2, -0.15) is 13.2 Å². The molecule has 1 aliphatic rings. The van der Waals surface area contributed by atoms with Gasteiger partial charge in [-0.1, -0.05) is 13.3 Å². The van der Waals surface area contributed by atoms with Gasteiger partial charge in [0.15, 0.2) is 5.83 Å². The summed E-state index contributed by atoms with van der Waals surface area (Å²) < 4.78 is 77.8. The van der Waals surface area contributed by atoms with Gasteiger partial charge in [0.25, 0.3) is 0 Å². The smallest absolute Gasteiger partial charge is 0.352 e. The lowest BCUT2D eigenvalue weighted by Crippen LogP contribution is -2.45. The number of thioether (sulfide) groups is 1. The van der Waals surface area contributed by atoms with Crippen molar-refractivity contribution >= 4 is 31.2 Å². The van der Waals surface area contributed by atoms with E-state index in [0.717, 1.165) is 6.20 Å². The maximum atomic E-state index is 13.5. The maximum absolute atomic E-state index is 13.5. The average molecular weight is 495 g/mol. The molecule has 1 rings (SSSR count). The second-order valence-corrected chi connectivity index (χ2v) is 9.28. The van der Waals surface area contributed by atoms with Crippen LogP contribution in [0.15, 0.2) is 12.0 Å². The fourth-order valence-corrected chi connectivity index (χ4v) is 4.22. The van der Waals surface area contributed by atoms with Crippen LogP contribution in [0.2, 0.25) is 0 Å². The Morgan fingerprint density at radius 2 is 2.13 bits per heavy atom. The molecule has 15 heteroatoms. The third kappa shape index (κ3) is 10.3. The molecular weight excluding hydrogens is 469 g/mol. The molecule has 31 heavy (non-hydrogen) atoms. The lowest BCUT2D eigenvalue weighted by atomic mass is 10.2. The number of amides is 1. The van der Waals surface area contributed by atoms with Crippen LogP contribution in [0.4, 0.5) is 17.6 Å². The molecule has 3 N–H and O–H groups in total. The summed E-state index contributed by atoms with van der Waals surface area (Å²) in [4.78, 5) is 22.2. The first-order valence-corrected chi connectivity index (χ1v) is 11.7. The van der Waals surface area contributed by atoms with Gasteiger partial charge in [-0.3, -0.25) is 13.8 Å². The molecular formula is C16H26F4N3O6PS. The molecule has 180 valence electrons. The van der Waals surface area contributed by atoms with E-state index >= 15 is 0 Å². The first kappa shape index (κ1) is 27.9. The van der Waals surface area contributed by atoms with Crippen LogP contribution in [0.3, 0.4) is 0 Å². The van der Waals surface area contributed by atoms with E-state index in [1.165, 1.54) is 23.6 Å². The van der Waals surface area contributed by atoms with Crippen LogP contribution in [-0.4, -0.2) is 71.3 Å². The number of rotatable bonds is 12. The number of phosphoric acid groups is 1. The Morgan fingerprint density at radius 3 is 2.68 bits per heavy atom. The lowest BCUT2D eigenvalue weighted by Gasteiger charge is -2.23. The van der Waals surface area contributed by atoms with E-state index in [9.17, 15) is 31.8 Å². The van der Waals surface area contributed by atoms with Crippen LogP contribution in [0, 0.1) is 5.41 Å².